The van der Waals surface area contributed by atoms with Crippen LogP contribution in [-0.2, 0) is 13.0 Å². The molecule has 0 radical (unpaired) electrons. The smallest absolute Gasteiger partial charge is 0.169 e. The normalized spacial score (nSPS) is 16.6. The predicted molar refractivity (Wildman–Crippen MR) is 92.1 cm³/mol. The third kappa shape index (κ3) is 2.70. The highest BCUT2D eigenvalue weighted by atomic mass is 16.5. The molecule has 0 N–H and O–H groups in total. The number of ether oxygens (including phenoxy) is 2. The van der Waals surface area contributed by atoms with Crippen LogP contribution < -0.4 is 9.47 Å². The van der Waals surface area contributed by atoms with E-state index in [1.807, 2.05) is 6.07 Å². The zero-order valence-corrected chi connectivity index (χ0v) is 13.7. The fourth-order valence-electron chi connectivity index (χ4n) is 3.74. The van der Waals surface area contributed by atoms with Gasteiger partial charge in [0.2, 0.25) is 0 Å². The summed E-state index contributed by atoms with van der Waals surface area (Å²) >= 11 is 0. The minimum Gasteiger partial charge on any atom is -0.493 e. The summed E-state index contributed by atoms with van der Waals surface area (Å²) in [6.45, 7) is 4.23. The Morgan fingerprint density at radius 1 is 1.09 bits per heavy atom. The van der Waals surface area contributed by atoms with Gasteiger partial charge in [0.25, 0.3) is 0 Å². The summed E-state index contributed by atoms with van der Waals surface area (Å²) in [5.74, 6) is 1.74. The van der Waals surface area contributed by atoms with Crippen LogP contribution in [0.5, 0.6) is 11.5 Å². The number of nitrogens with zero attached hydrogens (tertiary/aromatic N) is 1. The summed E-state index contributed by atoms with van der Waals surface area (Å²) in [7, 11) is 1.71. The SMILES string of the molecule is COc1ccc(CCN2CCCC2)c2c1OCc1ccccc1-2. The largest absolute Gasteiger partial charge is 0.493 e. The topological polar surface area (TPSA) is 21.7 Å². The van der Waals surface area contributed by atoms with Crippen LogP contribution in [0.1, 0.15) is 24.0 Å². The van der Waals surface area contributed by atoms with E-state index in [-0.39, 0.29) is 0 Å². The van der Waals surface area contributed by atoms with Gasteiger partial charge in [0.1, 0.15) is 6.61 Å². The Labute approximate surface area is 137 Å². The van der Waals surface area contributed by atoms with E-state index in [9.17, 15) is 0 Å². The quantitative estimate of drug-likeness (QED) is 0.855. The Bertz CT molecular complexity index is 705. The Kier molecular flexibility index (Phi) is 3.96. The number of hydrogen-bond donors (Lipinski definition) is 0. The standard InChI is InChI=1S/C20H23NO2/c1-22-18-9-8-15(10-13-21-11-4-5-12-21)19-17-7-3-2-6-16(17)14-23-20(18)19/h2-3,6-9H,4-5,10-14H2,1H3. The zero-order valence-electron chi connectivity index (χ0n) is 13.7. The molecule has 2 aromatic carbocycles. The molecule has 0 unspecified atom stereocenters. The van der Waals surface area contributed by atoms with Crippen LogP contribution in [0.2, 0.25) is 0 Å². The average Bonchev–Trinajstić information content (AvgIpc) is 3.12. The molecule has 2 aliphatic heterocycles. The minimum absolute atomic E-state index is 0.620. The van der Waals surface area contributed by atoms with Gasteiger partial charge in [-0.05, 0) is 55.1 Å². The number of methoxy groups -OCH3 is 1. The first-order valence-corrected chi connectivity index (χ1v) is 8.50. The summed E-state index contributed by atoms with van der Waals surface area (Å²) in [6.07, 6.45) is 3.74. The van der Waals surface area contributed by atoms with Gasteiger partial charge in [-0.15, -0.1) is 0 Å². The molecule has 3 nitrogen and oxygen atoms in total. The van der Waals surface area contributed by atoms with Crippen molar-refractivity contribution in [3.8, 4) is 22.6 Å². The van der Waals surface area contributed by atoms with Crippen molar-refractivity contribution in [3.63, 3.8) is 0 Å². The van der Waals surface area contributed by atoms with Gasteiger partial charge >= 0.3 is 0 Å². The van der Waals surface area contributed by atoms with E-state index in [0.29, 0.717) is 6.61 Å². The second-order valence-corrected chi connectivity index (χ2v) is 6.38. The molecule has 4 rings (SSSR count). The first-order chi connectivity index (χ1) is 11.4. The molecule has 0 aromatic heterocycles. The van der Waals surface area contributed by atoms with Gasteiger partial charge in [0.05, 0.1) is 7.11 Å². The lowest BCUT2D eigenvalue weighted by molar-refractivity contribution is 0.280. The maximum Gasteiger partial charge on any atom is 0.169 e. The molecule has 2 aromatic rings. The van der Waals surface area contributed by atoms with Gasteiger partial charge < -0.3 is 14.4 Å². The van der Waals surface area contributed by atoms with Gasteiger partial charge in [0.15, 0.2) is 11.5 Å². The van der Waals surface area contributed by atoms with Crippen LogP contribution in [0.25, 0.3) is 11.1 Å². The second-order valence-electron chi connectivity index (χ2n) is 6.38. The maximum absolute atomic E-state index is 6.05. The Morgan fingerprint density at radius 2 is 1.91 bits per heavy atom. The molecule has 0 saturated carbocycles. The monoisotopic (exact) mass is 309 g/mol. The lowest BCUT2D eigenvalue weighted by Crippen LogP contribution is -2.22. The van der Waals surface area contributed by atoms with Gasteiger partial charge in [-0.1, -0.05) is 30.3 Å². The van der Waals surface area contributed by atoms with Crippen molar-refractivity contribution in [3.05, 3.63) is 47.5 Å². The highest BCUT2D eigenvalue weighted by molar-refractivity contribution is 5.80. The molecule has 1 fully saturated rings. The van der Waals surface area contributed by atoms with Crippen molar-refractivity contribution in [1.29, 1.82) is 0 Å². The predicted octanol–water partition coefficient (Wildman–Crippen LogP) is 3.89. The summed E-state index contributed by atoms with van der Waals surface area (Å²) in [4.78, 5) is 2.56. The third-order valence-electron chi connectivity index (χ3n) is 4.98. The number of hydrogen-bond acceptors (Lipinski definition) is 3. The lowest BCUT2D eigenvalue weighted by Gasteiger charge is -2.25. The van der Waals surface area contributed by atoms with Crippen molar-refractivity contribution in [2.24, 2.45) is 0 Å². The molecule has 120 valence electrons. The van der Waals surface area contributed by atoms with E-state index in [1.165, 1.54) is 48.2 Å². The van der Waals surface area contributed by atoms with E-state index in [4.69, 9.17) is 9.47 Å². The fraction of sp³-hybridized carbons (Fsp3) is 0.400. The number of benzene rings is 2. The molecule has 2 aliphatic rings. The van der Waals surface area contributed by atoms with E-state index in [0.717, 1.165) is 24.5 Å². The maximum atomic E-state index is 6.05. The molecule has 1 saturated heterocycles. The Balaban J connectivity index is 1.72. The van der Waals surface area contributed by atoms with Gasteiger partial charge in [-0.25, -0.2) is 0 Å². The Morgan fingerprint density at radius 3 is 2.74 bits per heavy atom. The third-order valence-corrected chi connectivity index (χ3v) is 4.98. The first kappa shape index (κ1) is 14.6. The highest BCUT2D eigenvalue weighted by Crippen LogP contribution is 2.45. The molecule has 0 aliphatic carbocycles. The zero-order chi connectivity index (χ0) is 15.6. The van der Waals surface area contributed by atoms with Crippen LogP contribution in [0.3, 0.4) is 0 Å². The molecule has 0 spiro atoms. The molecule has 23 heavy (non-hydrogen) atoms. The van der Waals surface area contributed by atoms with Crippen molar-refractivity contribution in [2.45, 2.75) is 25.9 Å². The summed E-state index contributed by atoms with van der Waals surface area (Å²) in [6, 6.07) is 12.8. The minimum atomic E-state index is 0.620. The van der Waals surface area contributed by atoms with Crippen LogP contribution in [-0.4, -0.2) is 31.6 Å². The van der Waals surface area contributed by atoms with Gasteiger partial charge in [0, 0.05) is 12.1 Å². The van der Waals surface area contributed by atoms with Crippen LogP contribution in [0.4, 0.5) is 0 Å². The fourth-order valence-corrected chi connectivity index (χ4v) is 3.74. The van der Waals surface area contributed by atoms with Crippen molar-refractivity contribution in [1.82, 2.24) is 4.90 Å². The molecule has 3 heteroatoms. The van der Waals surface area contributed by atoms with Crippen LogP contribution in [0, 0.1) is 0 Å². The summed E-state index contributed by atoms with van der Waals surface area (Å²) in [5, 5.41) is 0. The summed E-state index contributed by atoms with van der Waals surface area (Å²) < 4.78 is 11.6. The molecule has 0 atom stereocenters. The molecular weight excluding hydrogens is 286 g/mol. The number of likely N-dealkylation sites (tertiary alicyclic amines) is 1. The average molecular weight is 309 g/mol. The first-order valence-electron chi connectivity index (χ1n) is 8.50. The van der Waals surface area contributed by atoms with Crippen molar-refractivity contribution < 1.29 is 9.47 Å². The van der Waals surface area contributed by atoms with E-state index >= 15 is 0 Å². The van der Waals surface area contributed by atoms with E-state index < -0.39 is 0 Å². The molecule has 0 bridgehead atoms. The molecular formula is C20H23NO2. The van der Waals surface area contributed by atoms with Gasteiger partial charge in [-0.2, -0.15) is 0 Å². The molecule has 2 heterocycles. The number of fused-ring (bicyclic) bond motifs is 3. The molecule has 0 amide bonds. The van der Waals surface area contributed by atoms with Gasteiger partial charge in [-0.3, -0.25) is 0 Å². The van der Waals surface area contributed by atoms with E-state index in [1.54, 1.807) is 7.11 Å². The summed E-state index contributed by atoms with van der Waals surface area (Å²) in [5.41, 5.74) is 5.14. The van der Waals surface area contributed by atoms with Crippen LogP contribution >= 0.6 is 0 Å². The second kappa shape index (κ2) is 6.25. The number of rotatable bonds is 4. The van der Waals surface area contributed by atoms with Crippen molar-refractivity contribution >= 4 is 0 Å². The highest BCUT2D eigenvalue weighted by Gasteiger charge is 2.24. The Hall–Kier alpha value is -2.00. The van der Waals surface area contributed by atoms with Crippen LogP contribution in [0.15, 0.2) is 36.4 Å². The van der Waals surface area contributed by atoms with E-state index in [2.05, 4.69) is 35.2 Å². The van der Waals surface area contributed by atoms with Crippen molar-refractivity contribution in [2.75, 3.05) is 26.7 Å². The lowest BCUT2D eigenvalue weighted by atomic mass is 9.91.